The number of anilines is 2. The van der Waals surface area contributed by atoms with Gasteiger partial charge in [-0.1, -0.05) is 452 Å². The Morgan fingerprint density at radius 2 is 0.593 bits per heavy atom. The maximum Gasteiger partial charge on any atom is 0.488 e. The summed E-state index contributed by atoms with van der Waals surface area (Å²) in [6, 6.07) is 179. The van der Waals surface area contributed by atoms with Crippen LogP contribution in [0.1, 0.15) is 35.1 Å². The highest BCUT2D eigenvalue weighted by molar-refractivity contribution is 14.1. The van der Waals surface area contributed by atoms with Gasteiger partial charge in [0.05, 0.1) is 5.41 Å². The maximum absolute atomic E-state index is 9.17. The second-order valence-electron chi connectivity index (χ2n) is 34.4. The average Bonchev–Trinajstić information content (AvgIpc) is 1.53. The summed E-state index contributed by atoms with van der Waals surface area (Å²) in [7, 11) is -1.42. The molecule has 140 heavy (non-hydrogen) atoms. The summed E-state index contributed by atoms with van der Waals surface area (Å²) in [4.78, 5) is 0. The van der Waals surface area contributed by atoms with Crippen LogP contribution in [0.2, 0.25) is 0 Å². The summed E-state index contributed by atoms with van der Waals surface area (Å²) in [5.41, 5.74) is 28.8. The van der Waals surface area contributed by atoms with Crippen molar-refractivity contribution in [3.63, 3.8) is 0 Å². The van der Waals surface area contributed by atoms with E-state index in [4.69, 9.17) is 9.15 Å². The summed E-state index contributed by atoms with van der Waals surface area (Å²) in [5.74, 6) is 0. The van der Waals surface area contributed by atoms with Gasteiger partial charge in [-0.2, -0.15) is 0 Å². The van der Waals surface area contributed by atoms with Gasteiger partial charge in [0.2, 0.25) is 0 Å². The molecule has 3 N–H and O–H groups in total. The van der Waals surface area contributed by atoms with Gasteiger partial charge in [0.1, 0.15) is 11.2 Å². The Morgan fingerprint density at radius 1 is 0.264 bits per heavy atom. The predicted octanol–water partition coefficient (Wildman–Crippen LogP) is 36.5. The van der Waals surface area contributed by atoms with Crippen molar-refractivity contribution in [2.75, 3.05) is 18.5 Å². The summed E-state index contributed by atoms with van der Waals surface area (Å²) in [6.07, 6.45) is 2.56. The largest absolute Gasteiger partial charge is 0.488 e. The first kappa shape index (κ1) is 95.0. The lowest BCUT2D eigenvalue weighted by atomic mass is 9.68. The summed E-state index contributed by atoms with van der Waals surface area (Å²) < 4.78 is 17.0. The van der Waals surface area contributed by atoms with Crippen LogP contribution in [0.5, 0.6) is 0 Å². The van der Waals surface area contributed by atoms with Gasteiger partial charge < -0.3 is 24.5 Å². The zero-order chi connectivity index (χ0) is 95.5. The molecule has 0 bridgehead atoms. The molecule has 1 aromatic heterocycles. The molecule has 23 aromatic rings. The average molecular weight is 2180 g/mol. The topological polar surface area (TPSA) is 74.9 Å². The number of hydrogen-bond donors (Lipinski definition) is 3. The van der Waals surface area contributed by atoms with E-state index in [2.05, 4.69) is 522 Å². The fraction of sp³-hybridized carbons (Fsp3) is 0.0388. The molecule has 22 aromatic carbocycles. The van der Waals surface area contributed by atoms with E-state index in [1.807, 2.05) is 66.7 Å². The molecule has 0 unspecified atom stereocenters. The van der Waals surface area contributed by atoms with Crippen LogP contribution in [-0.4, -0.2) is 30.4 Å². The van der Waals surface area contributed by atoms with E-state index in [1.54, 1.807) is 12.1 Å². The van der Waals surface area contributed by atoms with Crippen LogP contribution in [0.15, 0.2) is 532 Å². The molecule has 25 rings (SSSR count). The van der Waals surface area contributed by atoms with Gasteiger partial charge in [0.15, 0.2) is 0 Å². The molecule has 0 saturated carbocycles. The minimum absolute atomic E-state index is 0.415. The molecule has 1 fully saturated rings. The molecule has 1 saturated heterocycles. The smallest absolute Gasteiger partial charge is 0.455 e. The SMILES string of the molecule is Brc1ccc(-c2ccc3cc(-c4ccccc4)ccc3c2)cc1.Brc1ccc(-c2ccc3cc(-c4ccccc4)ccc3c2)cc1.Brc1ccc(I)cc1.Brc1ccc2cc(-c3ccccc3)ccc2c1.C1CCOC1.OB(O)c1ccc2cc(-c3ccccc3)ccc2c1.c1ccc(C2(c3ccccc3)c3ccccc3-c3c(Nc4ccc(-c5cccc6c5oc5ccccc56)cc4)cccc32)cc1. The quantitative estimate of drug-likeness (QED) is 0.0840. The van der Waals surface area contributed by atoms with Gasteiger partial charge in [0.25, 0.3) is 0 Å². The fourth-order valence-corrected chi connectivity index (χ4v) is 19.9. The van der Waals surface area contributed by atoms with Gasteiger partial charge in [-0.15, -0.1) is 0 Å². The first-order valence-corrected chi connectivity index (χ1v) is 51.0. The normalized spacial score (nSPS) is 11.9. The van der Waals surface area contributed by atoms with Gasteiger partial charge >= 0.3 is 7.12 Å². The second kappa shape index (κ2) is 45.3. The molecular formula is C129H95BBr4INO4. The number of benzene rings is 22. The van der Waals surface area contributed by atoms with E-state index in [-0.39, 0.29) is 0 Å². The van der Waals surface area contributed by atoms with Crippen molar-refractivity contribution < 1.29 is 19.2 Å². The van der Waals surface area contributed by atoms with Crippen LogP contribution < -0.4 is 10.8 Å². The van der Waals surface area contributed by atoms with Crippen molar-refractivity contribution in [1.82, 2.24) is 0 Å². The van der Waals surface area contributed by atoms with Crippen LogP contribution >= 0.6 is 86.3 Å². The van der Waals surface area contributed by atoms with Gasteiger partial charge in [-0.05, 0) is 305 Å². The lowest BCUT2D eigenvalue weighted by molar-refractivity contribution is 0.198. The Bertz CT molecular complexity index is 7930. The number of halogens is 5. The summed E-state index contributed by atoms with van der Waals surface area (Å²) >= 11 is 16.1. The third kappa shape index (κ3) is 22.5. The third-order valence-electron chi connectivity index (χ3n) is 25.4. The number of ether oxygens (including phenoxy) is 1. The molecule has 0 spiro atoms. The maximum atomic E-state index is 9.17. The van der Waals surface area contributed by atoms with E-state index in [0.29, 0.717) is 5.46 Å². The second-order valence-corrected chi connectivity index (χ2v) is 39.3. The van der Waals surface area contributed by atoms with E-state index in [1.165, 1.54) is 143 Å². The number of para-hydroxylation sites is 2. The van der Waals surface area contributed by atoms with Crippen molar-refractivity contribution in [2.24, 2.45) is 0 Å². The van der Waals surface area contributed by atoms with E-state index in [0.717, 1.165) is 91.9 Å². The van der Waals surface area contributed by atoms with Crippen LogP contribution in [0.4, 0.5) is 11.4 Å². The minimum Gasteiger partial charge on any atom is -0.455 e. The van der Waals surface area contributed by atoms with E-state index in [9.17, 15) is 10.0 Å². The molecule has 678 valence electrons. The fourth-order valence-electron chi connectivity index (χ4n) is 18.4. The molecule has 5 nitrogen and oxygen atoms in total. The number of rotatable bonds is 12. The highest BCUT2D eigenvalue weighted by Gasteiger charge is 2.47. The van der Waals surface area contributed by atoms with Gasteiger partial charge in [0, 0.05) is 67.9 Å². The zero-order valence-corrected chi connectivity index (χ0v) is 85.0. The highest BCUT2D eigenvalue weighted by Crippen LogP contribution is 2.58. The molecule has 11 heteroatoms. The van der Waals surface area contributed by atoms with Crippen molar-refractivity contribution >= 4 is 175 Å². The summed E-state index contributed by atoms with van der Waals surface area (Å²) in [5, 5.41) is 34.1. The third-order valence-corrected chi connectivity index (χ3v) is 28.2. The van der Waals surface area contributed by atoms with E-state index < -0.39 is 12.5 Å². The Kier molecular flexibility index (Phi) is 30.8. The molecule has 1 aliphatic heterocycles. The minimum atomic E-state index is -1.42. The Balaban J connectivity index is 0.000000113. The van der Waals surface area contributed by atoms with Crippen molar-refractivity contribution in [3.8, 4) is 89.0 Å². The number of nitrogens with one attached hydrogen (secondary N) is 1. The van der Waals surface area contributed by atoms with Gasteiger partial charge in [-0.3, -0.25) is 0 Å². The Labute approximate surface area is 865 Å². The number of fused-ring (bicyclic) bond motifs is 10. The number of furan rings is 1. The van der Waals surface area contributed by atoms with Crippen LogP contribution in [-0.2, 0) is 10.2 Å². The van der Waals surface area contributed by atoms with Crippen LogP contribution in [0, 0.1) is 3.57 Å². The standard InChI is InChI=1S/C43H29NO.2C22H15Br.C16H13BO2.C16H11Br.C6H4BrI.C4H8O/c1-3-13-30(14-4-1)43(31-15-5-2-6-16-31)37-21-9-7-18-36(37)41-38(43)22-12-23-39(41)44-32-27-25-29(26-28-32)33-19-11-20-35-34-17-8-10-24-40(34)45-42(33)35;2*23-22-12-10-17(11-13-22)19-7-9-20-14-18(6-8-21(20)15-19)16-4-2-1-3-5-16;18-17(19)16-9-8-14-10-13(6-7-15(14)11-16)12-4-2-1-3-5-12;17-16-9-8-14-10-13(6-7-15(14)11-16)12-4-2-1-3-5-12;7-5-1-3-6(8)4-2-5;1-2-4-5-3-1/h1-28,44H;2*1-15H;1-11,18-19H;1-11H;1-4H;1-4H2. The molecule has 0 atom stereocenters. The molecule has 0 radical (unpaired) electrons. The first-order chi connectivity index (χ1) is 68.8. The number of hydrogen-bond acceptors (Lipinski definition) is 5. The zero-order valence-electron chi connectivity index (χ0n) is 76.5. The van der Waals surface area contributed by atoms with Crippen molar-refractivity contribution in [3.05, 3.63) is 553 Å². The van der Waals surface area contributed by atoms with E-state index >= 15 is 0 Å². The lowest BCUT2D eigenvalue weighted by Crippen LogP contribution is -2.29. The molecule has 2 heterocycles. The molecule has 1 aliphatic carbocycles. The first-order valence-electron chi connectivity index (χ1n) is 46.8. The monoisotopic (exact) mass is 2180 g/mol. The predicted molar refractivity (Wildman–Crippen MR) is 614 cm³/mol. The lowest BCUT2D eigenvalue weighted by Gasteiger charge is -2.33. The summed E-state index contributed by atoms with van der Waals surface area (Å²) in [6.45, 7) is 2.00. The van der Waals surface area contributed by atoms with Crippen LogP contribution in [0.3, 0.4) is 0 Å². The van der Waals surface area contributed by atoms with Crippen LogP contribution in [0.25, 0.3) is 154 Å². The Hall–Kier alpha value is -13.9. The highest BCUT2D eigenvalue weighted by atomic mass is 127. The Morgan fingerprint density at radius 3 is 1.02 bits per heavy atom. The molecule has 2 aliphatic rings. The van der Waals surface area contributed by atoms with Gasteiger partial charge in [-0.25, -0.2) is 0 Å². The molecule has 0 amide bonds. The van der Waals surface area contributed by atoms with Crippen molar-refractivity contribution in [2.45, 2.75) is 18.3 Å². The van der Waals surface area contributed by atoms with Crippen molar-refractivity contribution in [1.29, 1.82) is 0 Å². The molecular weight excluding hydrogens is 2080 g/mol.